The van der Waals surface area contributed by atoms with E-state index >= 15 is 0 Å². The number of nitrogens with zero attached hydrogens (tertiary/aromatic N) is 1. The highest BCUT2D eigenvalue weighted by Gasteiger charge is 2.70. The maximum absolute atomic E-state index is 12.5. The topological polar surface area (TPSA) is 75.7 Å². The Labute approximate surface area is 310 Å². The quantitative estimate of drug-likeness (QED) is 0.202. The van der Waals surface area contributed by atoms with E-state index in [1.165, 1.54) is 68.9 Å². The highest BCUT2D eigenvalue weighted by atomic mass is 32.2. The van der Waals surface area contributed by atoms with Gasteiger partial charge in [0, 0.05) is 31.7 Å². The first kappa shape index (κ1) is 36.5. The Morgan fingerprint density at radius 1 is 0.980 bits per heavy atom. The summed E-state index contributed by atoms with van der Waals surface area (Å²) in [5.41, 5.74) is 5.75. The predicted octanol–water partition coefficient (Wildman–Crippen LogP) is 8.01. The number of ether oxygens (including phenoxy) is 1. The fraction of sp³-hybridized carbons (Fsp3) is 0.841. The average molecular weight is 721 g/mol. The predicted molar refractivity (Wildman–Crippen MR) is 206 cm³/mol. The van der Waals surface area contributed by atoms with Gasteiger partial charge >= 0.3 is 5.97 Å². The lowest BCUT2D eigenvalue weighted by molar-refractivity contribution is -0.221. The van der Waals surface area contributed by atoms with Gasteiger partial charge in [0.15, 0.2) is 9.84 Å². The van der Waals surface area contributed by atoms with E-state index in [9.17, 15) is 13.2 Å². The molecular weight excluding hydrogens is 653 g/mol. The molecule has 0 bridgehead atoms. The molecule has 6 nitrogen and oxygen atoms in total. The monoisotopic (exact) mass is 720 g/mol. The number of allylic oxidation sites excluding steroid dienone is 5. The van der Waals surface area contributed by atoms with Crippen LogP contribution in [0.1, 0.15) is 113 Å². The summed E-state index contributed by atoms with van der Waals surface area (Å²) in [5.74, 6) is 4.90. The average Bonchev–Trinajstić information content (AvgIpc) is 3.35. The summed E-state index contributed by atoms with van der Waals surface area (Å²) in [5, 5.41) is 4.23. The summed E-state index contributed by atoms with van der Waals surface area (Å²) in [7, 11) is -2.85. The lowest BCUT2D eigenvalue weighted by atomic mass is 9.33. The molecule has 0 spiro atoms. The van der Waals surface area contributed by atoms with E-state index < -0.39 is 9.84 Å². The van der Waals surface area contributed by atoms with E-state index in [1.54, 1.807) is 5.57 Å². The van der Waals surface area contributed by atoms with Crippen LogP contribution in [-0.2, 0) is 19.4 Å². The van der Waals surface area contributed by atoms with Crippen molar-refractivity contribution in [3.63, 3.8) is 0 Å². The number of fused-ring (bicyclic) bond motifs is 8. The highest BCUT2D eigenvalue weighted by molar-refractivity contribution is 7.91. The molecule has 6 fully saturated rings. The van der Waals surface area contributed by atoms with Crippen LogP contribution in [0, 0.1) is 69.0 Å². The minimum atomic E-state index is -2.85. The lowest BCUT2D eigenvalue weighted by Gasteiger charge is -2.72. The number of carbonyl (C=O) groups is 1. The van der Waals surface area contributed by atoms with Gasteiger partial charge in [0.2, 0.25) is 0 Å². The van der Waals surface area contributed by atoms with Gasteiger partial charge in [0.25, 0.3) is 0 Å². The summed E-state index contributed by atoms with van der Waals surface area (Å²) in [6.45, 7) is 25.9. The zero-order chi connectivity index (χ0) is 36.4. The Morgan fingerprint density at radius 3 is 2.39 bits per heavy atom. The van der Waals surface area contributed by atoms with Gasteiger partial charge in [-0.1, -0.05) is 58.9 Å². The van der Waals surface area contributed by atoms with Crippen LogP contribution in [0.3, 0.4) is 0 Å². The van der Waals surface area contributed by atoms with Crippen LogP contribution in [0.25, 0.3) is 0 Å². The van der Waals surface area contributed by atoms with E-state index in [2.05, 4.69) is 70.5 Å². The molecule has 1 heterocycles. The maximum atomic E-state index is 12.5. The van der Waals surface area contributed by atoms with Crippen molar-refractivity contribution in [1.29, 1.82) is 0 Å². The van der Waals surface area contributed by atoms with Crippen LogP contribution in [0.2, 0.25) is 0 Å². The molecule has 5 saturated carbocycles. The zero-order valence-electron chi connectivity index (χ0n) is 33.0. The Balaban J connectivity index is 1.02. The molecule has 7 aliphatic carbocycles. The first-order valence-corrected chi connectivity index (χ1v) is 22.7. The molecule has 12 atom stereocenters. The number of hydrogen-bond acceptors (Lipinski definition) is 6. The van der Waals surface area contributed by atoms with Crippen LogP contribution in [-0.4, -0.2) is 69.1 Å². The number of sulfone groups is 1. The molecule has 3 unspecified atom stereocenters. The second kappa shape index (κ2) is 12.3. The first-order valence-electron chi connectivity index (χ1n) is 20.9. The van der Waals surface area contributed by atoms with Crippen molar-refractivity contribution in [2.75, 3.05) is 44.3 Å². The Bertz CT molecular complexity index is 1620. The molecule has 8 aliphatic rings. The van der Waals surface area contributed by atoms with E-state index in [-0.39, 0.29) is 22.8 Å². The van der Waals surface area contributed by atoms with Crippen LogP contribution < -0.4 is 5.32 Å². The van der Waals surface area contributed by atoms with Gasteiger partial charge < -0.3 is 15.0 Å². The Morgan fingerprint density at radius 2 is 1.73 bits per heavy atom. The zero-order valence-corrected chi connectivity index (χ0v) is 33.8. The highest BCUT2D eigenvalue weighted by Crippen LogP contribution is 2.77. The third-order valence-corrected chi connectivity index (χ3v) is 19.6. The van der Waals surface area contributed by atoms with E-state index in [4.69, 9.17) is 4.74 Å². The van der Waals surface area contributed by atoms with Crippen molar-refractivity contribution in [2.45, 2.75) is 118 Å². The molecule has 284 valence electrons. The van der Waals surface area contributed by atoms with Crippen LogP contribution in [0.5, 0.6) is 0 Å². The van der Waals surface area contributed by atoms with Gasteiger partial charge in [-0.15, -0.1) is 0 Å². The van der Waals surface area contributed by atoms with Crippen LogP contribution in [0.15, 0.2) is 35.5 Å². The summed E-state index contributed by atoms with van der Waals surface area (Å²) in [4.78, 5) is 14.9. The van der Waals surface area contributed by atoms with Gasteiger partial charge in [0.1, 0.15) is 0 Å². The summed E-state index contributed by atoms with van der Waals surface area (Å²) in [6.07, 6.45) is 17.8. The van der Waals surface area contributed by atoms with Crippen molar-refractivity contribution in [3.8, 4) is 0 Å². The maximum Gasteiger partial charge on any atom is 0.309 e. The molecule has 1 saturated heterocycles. The van der Waals surface area contributed by atoms with Crippen molar-refractivity contribution in [1.82, 2.24) is 10.2 Å². The molecule has 51 heavy (non-hydrogen) atoms. The Kier molecular flexibility index (Phi) is 8.80. The summed E-state index contributed by atoms with van der Waals surface area (Å²) >= 11 is 0. The molecule has 7 heteroatoms. The molecule has 0 amide bonds. The van der Waals surface area contributed by atoms with Crippen molar-refractivity contribution < 1.29 is 17.9 Å². The van der Waals surface area contributed by atoms with Gasteiger partial charge in [-0.25, -0.2) is 8.42 Å². The summed E-state index contributed by atoms with van der Waals surface area (Å²) in [6, 6.07) is 0. The van der Waals surface area contributed by atoms with Gasteiger partial charge in [-0.3, -0.25) is 4.79 Å². The molecule has 0 radical (unpaired) electrons. The standard InChI is InChI=1S/C44H68N2O4S/c1-9-50-39(47)37-31-26-29(27-32(31)37)33-13-15-41(6)35(40(33,4)5)14-16-43(8)36(41)11-10-34-38-30(28(2)3)12-17-44(38,19-18-42(34,43)7)45-20-21-46-22-24-51(48,49)25-23-46/h13,26,30-32,34-38,45H,2,9-12,14-25,27H2,1,3-8H3/t30-,31?,32?,34+,35-,36+,37?,38+,41-,42+,43+,44-/m0/s1. The molecule has 0 aromatic carbocycles. The number of carbonyl (C=O) groups excluding carboxylic acids is 1. The van der Waals surface area contributed by atoms with Gasteiger partial charge in [-0.05, 0) is 152 Å². The minimum Gasteiger partial charge on any atom is -0.466 e. The van der Waals surface area contributed by atoms with E-state index in [0.29, 0.717) is 83.0 Å². The van der Waals surface area contributed by atoms with Gasteiger partial charge in [0.05, 0.1) is 24.0 Å². The molecular formula is C44H68N2O4S. The first-order chi connectivity index (χ1) is 24.0. The SMILES string of the molecule is C=C(C)[C@@H]1CC[C@]2(NCCN3CCS(=O)(=O)CC3)CC[C@]3(C)[C@H](CC[C@@H]4[C@@]5(C)CC=C(C6=CC7C(C6)C7C(=O)OCC)C(C)(C)[C@@H]5CC[C@]43C)[C@@H]12. The van der Waals surface area contributed by atoms with Crippen LogP contribution >= 0.6 is 0 Å². The Hall–Kier alpha value is -1.44. The lowest BCUT2D eigenvalue weighted by Crippen LogP contribution is -2.68. The molecule has 0 aromatic heterocycles. The second-order valence-corrected chi connectivity index (χ2v) is 22.5. The molecule has 1 N–H and O–H groups in total. The largest absolute Gasteiger partial charge is 0.466 e. The van der Waals surface area contributed by atoms with Crippen molar-refractivity contribution in [2.24, 2.45) is 69.0 Å². The third kappa shape index (κ3) is 5.40. The number of esters is 1. The minimum absolute atomic E-state index is 0.0165. The third-order valence-electron chi connectivity index (χ3n) is 18.0. The van der Waals surface area contributed by atoms with Crippen molar-refractivity contribution >= 4 is 15.8 Å². The molecule has 1 aliphatic heterocycles. The second-order valence-electron chi connectivity index (χ2n) is 20.2. The normalized spacial score (nSPS) is 47.8. The van der Waals surface area contributed by atoms with E-state index in [0.717, 1.165) is 25.4 Å². The van der Waals surface area contributed by atoms with Crippen molar-refractivity contribution in [3.05, 3.63) is 35.5 Å². The number of rotatable bonds is 8. The number of nitrogens with one attached hydrogen (secondary N) is 1. The fourth-order valence-electron chi connectivity index (χ4n) is 15.3. The van der Waals surface area contributed by atoms with Gasteiger partial charge in [-0.2, -0.15) is 0 Å². The molecule has 0 aromatic rings. The van der Waals surface area contributed by atoms with Crippen LogP contribution in [0.4, 0.5) is 0 Å². The summed E-state index contributed by atoms with van der Waals surface area (Å²) < 4.78 is 29.5. The molecule has 8 rings (SSSR count). The smallest absolute Gasteiger partial charge is 0.309 e. The van der Waals surface area contributed by atoms with E-state index in [1.807, 2.05) is 6.92 Å². The fourth-order valence-corrected chi connectivity index (χ4v) is 16.5. The number of hydrogen-bond donors (Lipinski definition) is 1.